The van der Waals surface area contributed by atoms with E-state index in [2.05, 4.69) is 10.3 Å². The Balaban J connectivity index is 2.02. The van der Waals surface area contributed by atoms with Crippen molar-refractivity contribution in [2.75, 3.05) is 11.9 Å². The maximum Gasteiger partial charge on any atom is 0.389 e. The summed E-state index contributed by atoms with van der Waals surface area (Å²) in [4.78, 5) is 43.4. The molecule has 3 atom stereocenters. The molecule has 2 aromatic carbocycles. The number of rotatable bonds is 8. The number of likely N-dealkylation sites (N-methyl/N-ethyl adjacent to an activating group) is 1. The van der Waals surface area contributed by atoms with Crippen molar-refractivity contribution in [3.63, 3.8) is 0 Å². The number of alkyl halides is 6. The van der Waals surface area contributed by atoms with Crippen molar-refractivity contribution in [1.82, 2.24) is 5.32 Å². The van der Waals surface area contributed by atoms with Crippen LogP contribution in [0, 0.1) is 11.8 Å². The summed E-state index contributed by atoms with van der Waals surface area (Å²) in [5.74, 6) is -9.14. The molecule has 2 aromatic rings. The van der Waals surface area contributed by atoms with Crippen molar-refractivity contribution in [2.45, 2.75) is 37.8 Å². The number of halogens is 6. The molecule has 0 radical (unpaired) electrons. The Hall–Kier alpha value is -3.90. The van der Waals surface area contributed by atoms with Crippen LogP contribution in [-0.4, -0.2) is 54.2 Å². The number of aliphatic imine (C=N–C) groups is 1. The number of hydrogen-bond acceptors (Lipinski definition) is 4. The van der Waals surface area contributed by atoms with Crippen molar-refractivity contribution in [3.8, 4) is 0 Å². The summed E-state index contributed by atoms with van der Waals surface area (Å²) >= 11 is 0. The predicted octanol–water partition coefficient (Wildman–Crippen LogP) is 4.55. The number of hydrogen-bond donors (Lipinski definition) is 2. The molecule has 1 aliphatic rings. The molecule has 0 unspecified atom stereocenters. The van der Waals surface area contributed by atoms with Gasteiger partial charge in [0.1, 0.15) is 0 Å². The summed E-state index contributed by atoms with van der Waals surface area (Å²) in [7, 11) is 1.36. The number of benzene rings is 2. The van der Waals surface area contributed by atoms with Gasteiger partial charge in [-0.3, -0.25) is 14.4 Å². The number of carbonyl (C=O) groups is 3. The minimum absolute atomic E-state index is 0.225. The van der Waals surface area contributed by atoms with E-state index in [9.17, 15) is 45.8 Å². The van der Waals surface area contributed by atoms with Crippen LogP contribution in [0.25, 0.3) is 0 Å². The molecule has 0 fully saturated rings. The molecule has 1 aliphatic heterocycles. The Labute approximate surface area is 213 Å². The van der Waals surface area contributed by atoms with Crippen LogP contribution in [0.2, 0.25) is 0 Å². The molecule has 0 aromatic heterocycles. The molecular formula is C25H23F6N3O4. The summed E-state index contributed by atoms with van der Waals surface area (Å²) < 4.78 is 78.2. The first-order chi connectivity index (χ1) is 17.7. The van der Waals surface area contributed by atoms with Crippen molar-refractivity contribution >= 4 is 29.2 Å². The highest BCUT2D eigenvalue weighted by Gasteiger charge is 2.45. The number of fused-ring (bicyclic) bond motifs is 1. The summed E-state index contributed by atoms with van der Waals surface area (Å²) in [6.07, 6.45) is -16.7. The van der Waals surface area contributed by atoms with Crippen LogP contribution in [0.1, 0.15) is 30.4 Å². The van der Waals surface area contributed by atoms with E-state index in [4.69, 9.17) is 0 Å². The van der Waals surface area contributed by atoms with E-state index in [0.717, 1.165) is 4.90 Å². The highest BCUT2D eigenvalue weighted by Crippen LogP contribution is 2.35. The van der Waals surface area contributed by atoms with Crippen LogP contribution in [0.4, 0.5) is 32.0 Å². The van der Waals surface area contributed by atoms with Crippen LogP contribution >= 0.6 is 0 Å². The highest BCUT2D eigenvalue weighted by atomic mass is 19.4. The molecular weight excluding hydrogens is 520 g/mol. The first kappa shape index (κ1) is 28.7. The average Bonchev–Trinajstić information content (AvgIpc) is 2.93. The van der Waals surface area contributed by atoms with Crippen molar-refractivity contribution < 1.29 is 45.8 Å². The molecule has 0 saturated carbocycles. The van der Waals surface area contributed by atoms with Gasteiger partial charge >= 0.3 is 18.3 Å². The van der Waals surface area contributed by atoms with Crippen LogP contribution in [0.3, 0.4) is 0 Å². The third-order valence-corrected chi connectivity index (χ3v) is 6.00. The second-order valence-electron chi connectivity index (χ2n) is 8.69. The summed E-state index contributed by atoms with van der Waals surface area (Å²) in [5, 5.41) is 11.5. The van der Waals surface area contributed by atoms with Crippen LogP contribution in [0.15, 0.2) is 59.6 Å². The lowest BCUT2D eigenvalue weighted by molar-refractivity contribution is -0.169. The summed E-state index contributed by atoms with van der Waals surface area (Å²) in [6.45, 7) is 0. The summed E-state index contributed by atoms with van der Waals surface area (Å²) in [5.41, 5.74) is 1.61. The quantitative estimate of drug-likeness (QED) is 0.477. The molecule has 2 N–H and O–H groups in total. The third kappa shape index (κ3) is 7.11. The fraction of sp³-hybridized carbons (Fsp3) is 0.360. The molecule has 2 amide bonds. The zero-order chi connectivity index (χ0) is 28.3. The number of nitrogens with zero attached hydrogens (tertiary/aromatic N) is 2. The lowest BCUT2D eigenvalue weighted by Crippen LogP contribution is -2.50. The van der Waals surface area contributed by atoms with Gasteiger partial charge in [-0.25, -0.2) is 4.99 Å². The van der Waals surface area contributed by atoms with Crippen molar-refractivity contribution in [3.05, 3.63) is 65.7 Å². The van der Waals surface area contributed by atoms with E-state index in [1.54, 1.807) is 54.6 Å². The highest BCUT2D eigenvalue weighted by molar-refractivity contribution is 6.20. The minimum Gasteiger partial charge on any atom is -0.481 e. The summed E-state index contributed by atoms with van der Waals surface area (Å²) in [6, 6.07) is 15.0. The molecule has 0 bridgehead atoms. The number of carbonyl (C=O) groups excluding carboxylic acids is 2. The first-order valence-corrected chi connectivity index (χ1v) is 11.3. The Kier molecular flexibility index (Phi) is 8.48. The van der Waals surface area contributed by atoms with E-state index < -0.39 is 67.4 Å². The van der Waals surface area contributed by atoms with Gasteiger partial charge in [0.2, 0.25) is 12.1 Å². The zero-order valence-electron chi connectivity index (χ0n) is 19.9. The van der Waals surface area contributed by atoms with E-state index in [1.165, 1.54) is 7.05 Å². The number of anilines is 1. The first-order valence-electron chi connectivity index (χ1n) is 11.3. The zero-order valence-corrected chi connectivity index (χ0v) is 19.9. The molecule has 13 heteroatoms. The molecule has 0 spiro atoms. The third-order valence-electron chi connectivity index (χ3n) is 6.00. The van der Waals surface area contributed by atoms with Gasteiger partial charge in [-0.2, -0.15) is 26.3 Å². The monoisotopic (exact) mass is 543 g/mol. The molecule has 7 nitrogen and oxygen atoms in total. The van der Waals surface area contributed by atoms with E-state index in [-0.39, 0.29) is 5.71 Å². The van der Waals surface area contributed by atoms with Gasteiger partial charge in [-0.15, -0.1) is 0 Å². The van der Waals surface area contributed by atoms with E-state index in [1.807, 2.05) is 0 Å². The molecule has 38 heavy (non-hydrogen) atoms. The van der Waals surface area contributed by atoms with E-state index >= 15 is 0 Å². The molecule has 1 heterocycles. The number of carboxylic acids is 1. The maximum atomic E-state index is 13.3. The average molecular weight is 543 g/mol. The van der Waals surface area contributed by atoms with Crippen molar-refractivity contribution in [2.24, 2.45) is 16.8 Å². The SMILES string of the molecule is CN1C(=O)[C@@H](NC(=O)[C@H](CC(F)(F)F)[C@H](CCC(F)(F)F)C(=O)O)N=C(c2ccccc2)c2ccccc21. The number of benzodiazepines with no additional fused rings is 1. The molecule has 0 saturated heterocycles. The lowest BCUT2D eigenvalue weighted by Gasteiger charge is -2.27. The van der Waals surface area contributed by atoms with Gasteiger partial charge in [0.05, 0.1) is 29.7 Å². The van der Waals surface area contributed by atoms with Gasteiger partial charge in [0.15, 0.2) is 0 Å². The normalized spacial score (nSPS) is 17.7. The Morgan fingerprint density at radius 1 is 0.974 bits per heavy atom. The van der Waals surface area contributed by atoms with Gasteiger partial charge in [-0.1, -0.05) is 48.5 Å². The Morgan fingerprint density at radius 2 is 1.58 bits per heavy atom. The Bertz CT molecular complexity index is 1210. The van der Waals surface area contributed by atoms with Crippen LogP contribution in [0.5, 0.6) is 0 Å². The van der Waals surface area contributed by atoms with Gasteiger partial charge in [0.25, 0.3) is 5.91 Å². The van der Waals surface area contributed by atoms with E-state index in [0.29, 0.717) is 16.8 Å². The van der Waals surface area contributed by atoms with Crippen molar-refractivity contribution in [1.29, 1.82) is 0 Å². The standard InChI is InChI=1S/C25H23F6N3O4/c1-34-18-10-6-5-9-16(18)19(14-7-3-2-4-8-14)32-20(22(34)36)33-21(35)17(13-25(29,30)31)15(23(37)38)11-12-24(26,27)28/h2-10,15,17,20H,11-13H2,1H3,(H,33,35)(H,37,38)/t15-,17+,20+/m0/s1. The largest absolute Gasteiger partial charge is 0.481 e. The second-order valence-corrected chi connectivity index (χ2v) is 8.69. The lowest BCUT2D eigenvalue weighted by atomic mass is 9.84. The fourth-order valence-corrected chi connectivity index (χ4v) is 4.17. The number of nitrogens with one attached hydrogen (secondary N) is 1. The topological polar surface area (TPSA) is 99.1 Å². The predicted molar refractivity (Wildman–Crippen MR) is 124 cm³/mol. The maximum absolute atomic E-state index is 13.3. The molecule has 3 rings (SSSR count). The number of aliphatic carboxylic acids is 1. The smallest absolute Gasteiger partial charge is 0.389 e. The second kappa shape index (κ2) is 11.2. The molecule has 204 valence electrons. The van der Waals surface area contributed by atoms with Gasteiger partial charge < -0.3 is 15.3 Å². The van der Waals surface area contributed by atoms with Gasteiger partial charge in [0, 0.05) is 24.6 Å². The minimum atomic E-state index is -5.08. The van der Waals surface area contributed by atoms with Crippen LogP contribution < -0.4 is 10.2 Å². The van der Waals surface area contributed by atoms with Gasteiger partial charge in [-0.05, 0) is 12.5 Å². The number of amides is 2. The Morgan fingerprint density at radius 3 is 2.16 bits per heavy atom. The van der Waals surface area contributed by atoms with Crippen LogP contribution in [-0.2, 0) is 14.4 Å². The fourth-order valence-electron chi connectivity index (χ4n) is 4.17. The number of para-hydroxylation sites is 1. The number of carboxylic acid groups (broad SMARTS) is 1. The molecule has 0 aliphatic carbocycles.